The average molecular weight is 325 g/mol. The van der Waals surface area contributed by atoms with Gasteiger partial charge in [0.15, 0.2) is 5.78 Å². The van der Waals surface area contributed by atoms with E-state index in [1.54, 1.807) is 30.3 Å². The molecule has 0 bridgehead atoms. The van der Waals surface area contributed by atoms with Gasteiger partial charge >= 0.3 is 0 Å². The molecule has 0 aromatic heterocycles. The van der Waals surface area contributed by atoms with E-state index in [1.807, 2.05) is 13.0 Å². The van der Waals surface area contributed by atoms with Crippen LogP contribution in [0.15, 0.2) is 40.9 Å². The molecule has 0 spiro atoms. The maximum absolute atomic E-state index is 12.3. The summed E-state index contributed by atoms with van der Waals surface area (Å²) in [5.41, 5.74) is 8.29. The summed E-state index contributed by atoms with van der Waals surface area (Å²) in [6.45, 7) is 1.97. The summed E-state index contributed by atoms with van der Waals surface area (Å²) >= 11 is 9.44. The second-order valence-corrected chi connectivity index (χ2v) is 5.29. The van der Waals surface area contributed by atoms with Gasteiger partial charge in [0.1, 0.15) is 0 Å². The fourth-order valence-corrected chi connectivity index (χ4v) is 2.26. The Morgan fingerprint density at radius 3 is 2.56 bits per heavy atom. The summed E-state index contributed by atoms with van der Waals surface area (Å²) < 4.78 is 0.903. The molecule has 0 fully saturated rings. The Morgan fingerprint density at radius 2 is 1.94 bits per heavy atom. The van der Waals surface area contributed by atoms with E-state index in [9.17, 15) is 4.79 Å². The van der Waals surface area contributed by atoms with E-state index < -0.39 is 0 Å². The topological polar surface area (TPSA) is 43.1 Å². The molecule has 18 heavy (non-hydrogen) atoms. The maximum atomic E-state index is 12.3. The highest BCUT2D eigenvalue weighted by atomic mass is 79.9. The van der Waals surface area contributed by atoms with Crippen molar-refractivity contribution in [3.05, 3.63) is 62.6 Å². The van der Waals surface area contributed by atoms with Crippen LogP contribution in [0.2, 0.25) is 5.02 Å². The van der Waals surface area contributed by atoms with Crippen LogP contribution in [0, 0.1) is 6.92 Å². The van der Waals surface area contributed by atoms with Crippen molar-refractivity contribution in [3.63, 3.8) is 0 Å². The highest BCUT2D eigenvalue weighted by molar-refractivity contribution is 9.10. The molecule has 0 aliphatic heterocycles. The Labute approximate surface area is 119 Å². The van der Waals surface area contributed by atoms with Gasteiger partial charge in [0.25, 0.3) is 0 Å². The number of anilines is 1. The molecule has 0 amide bonds. The number of carbonyl (C=O) groups excluding carboxylic acids is 1. The van der Waals surface area contributed by atoms with E-state index >= 15 is 0 Å². The van der Waals surface area contributed by atoms with Gasteiger partial charge in [0.05, 0.1) is 5.02 Å². The zero-order valence-electron chi connectivity index (χ0n) is 9.71. The molecule has 0 aliphatic rings. The van der Waals surface area contributed by atoms with Crippen LogP contribution in [-0.4, -0.2) is 5.78 Å². The lowest BCUT2D eigenvalue weighted by Crippen LogP contribution is -2.03. The van der Waals surface area contributed by atoms with Gasteiger partial charge in [0.2, 0.25) is 0 Å². The first-order chi connectivity index (χ1) is 8.49. The lowest BCUT2D eigenvalue weighted by atomic mass is 10.0. The molecule has 0 saturated carbocycles. The molecule has 2 N–H and O–H groups in total. The SMILES string of the molecule is Cc1ccc(C(=O)c2ccc(N)cc2Cl)cc1Br. The lowest BCUT2D eigenvalue weighted by Gasteiger charge is -2.06. The normalized spacial score (nSPS) is 10.4. The molecule has 0 saturated heterocycles. The van der Waals surface area contributed by atoms with E-state index in [4.69, 9.17) is 17.3 Å². The molecule has 4 heteroatoms. The number of rotatable bonds is 2. The van der Waals surface area contributed by atoms with Crippen molar-refractivity contribution >= 4 is 39.0 Å². The lowest BCUT2D eigenvalue weighted by molar-refractivity contribution is 0.103. The first-order valence-corrected chi connectivity index (χ1v) is 6.52. The van der Waals surface area contributed by atoms with Gasteiger partial charge in [-0.05, 0) is 36.8 Å². The van der Waals surface area contributed by atoms with Gasteiger partial charge in [-0.1, -0.05) is 39.7 Å². The van der Waals surface area contributed by atoms with Gasteiger partial charge in [-0.3, -0.25) is 4.79 Å². The summed E-state index contributed by atoms with van der Waals surface area (Å²) in [6.07, 6.45) is 0. The standard InChI is InChI=1S/C14H11BrClNO/c1-8-2-3-9(6-12(8)15)14(18)11-5-4-10(17)7-13(11)16/h2-7H,17H2,1H3. The third kappa shape index (κ3) is 2.57. The van der Waals surface area contributed by atoms with Crippen molar-refractivity contribution < 1.29 is 4.79 Å². The van der Waals surface area contributed by atoms with E-state index in [1.165, 1.54) is 0 Å². The summed E-state index contributed by atoms with van der Waals surface area (Å²) in [5, 5.41) is 0.372. The summed E-state index contributed by atoms with van der Waals surface area (Å²) in [7, 11) is 0. The second kappa shape index (κ2) is 5.12. The molecule has 0 heterocycles. The highest BCUT2D eigenvalue weighted by Gasteiger charge is 2.13. The predicted octanol–water partition coefficient (Wildman–Crippen LogP) is 4.22. The summed E-state index contributed by atoms with van der Waals surface area (Å²) in [4.78, 5) is 12.3. The quantitative estimate of drug-likeness (QED) is 0.664. The molecule has 2 aromatic rings. The van der Waals surface area contributed by atoms with Gasteiger partial charge in [-0.25, -0.2) is 0 Å². The van der Waals surface area contributed by atoms with Crippen LogP contribution in [0.5, 0.6) is 0 Å². The average Bonchev–Trinajstić information content (AvgIpc) is 2.32. The Morgan fingerprint density at radius 1 is 1.22 bits per heavy atom. The monoisotopic (exact) mass is 323 g/mol. The summed E-state index contributed by atoms with van der Waals surface area (Å²) in [5.74, 6) is -0.110. The van der Waals surface area contributed by atoms with Crippen LogP contribution in [0.4, 0.5) is 5.69 Å². The van der Waals surface area contributed by atoms with Crippen LogP contribution in [-0.2, 0) is 0 Å². The maximum Gasteiger partial charge on any atom is 0.194 e. The predicted molar refractivity (Wildman–Crippen MR) is 78.2 cm³/mol. The van der Waals surface area contributed by atoms with Crippen molar-refractivity contribution in [2.75, 3.05) is 5.73 Å². The van der Waals surface area contributed by atoms with E-state index in [0.717, 1.165) is 10.0 Å². The minimum absolute atomic E-state index is 0.110. The number of hydrogen-bond donors (Lipinski definition) is 1. The van der Waals surface area contributed by atoms with Gasteiger partial charge < -0.3 is 5.73 Å². The fourth-order valence-electron chi connectivity index (χ4n) is 1.61. The van der Waals surface area contributed by atoms with Crippen LogP contribution >= 0.6 is 27.5 Å². The number of carbonyl (C=O) groups is 1. The molecule has 0 aliphatic carbocycles. The van der Waals surface area contributed by atoms with E-state index in [0.29, 0.717) is 21.8 Å². The molecular weight excluding hydrogens is 314 g/mol. The van der Waals surface area contributed by atoms with Crippen molar-refractivity contribution in [1.29, 1.82) is 0 Å². The minimum atomic E-state index is -0.110. The smallest absolute Gasteiger partial charge is 0.194 e. The van der Waals surface area contributed by atoms with Crippen molar-refractivity contribution in [2.24, 2.45) is 0 Å². The van der Waals surface area contributed by atoms with Crippen LogP contribution in [0.25, 0.3) is 0 Å². The van der Waals surface area contributed by atoms with E-state index in [-0.39, 0.29) is 5.78 Å². The number of hydrogen-bond acceptors (Lipinski definition) is 2. The molecular formula is C14H11BrClNO. The molecule has 2 nitrogen and oxygen atoms in total. The van der Waals surface area contributed by atoms with Crippen LogP contribution in [0.1, 0.15) is 21.5 Å². The Balaban J connectivity index is 2.44. The number of ketones is 1. The molecule has 2 aromatic carbocycles. The van der Waals surface area contributed by atoms with Crippen LogP contribution < -0.4 is 5.73 Å². The fraction of sp³-hybridized carbons (Fsp3) is 0.0714. The summed E-state index contributed by atoms with van der Waals surface area (Å²) in [6, 6.07) is 10.4. The Bertz CT molecular complexity index is 625. The number of benzene rings is 2. The van der Waals surface area contributed by atoms with Crippen molar-refractivity contribution in [3.8, 4) is 0 Å². The first kappa shape index (κ1) is 13.1. The Hall–Kier alpha value is -1.32. The number of nitrogen functional groups attached to an aromatic ring is 1. The highest BCUT2D eigenvalue weighted by Crippen LogP contribution is 2.24. The van der Waals surface area contributed by atoms with Crippen molar-refractivity contribution in [1.82, 2.24) is 0 Å². The van der Waals surface area contributed by atoms with Crippen LogP contribution in [0.3, 0.4) is 0 Å². The van der Waals surface area contributed by atoms with Gasteiger partial charge in [0, 0.05) is 21.3 Å². The molecule has 0 atom stereocenters. The van der Waals surface area contributed by atoms with Gasteiger partial charge in [-0.2, -0.15) is 0 Å². The zero-order chi connectivity index (χ0) is 13.3. The molecule has 0 unspecified atom stereocenters. The van der Waals surface area contributed by atoms with E-state index in [2.05, 4.69) is 15.9 Å². The zero-order valence-corrected chi connectivity index (χ0v) is 12.0. The number of aryl methyl sites for hydroxylation is 1. The second-order valence-electron chi connectivity index (χ2n) is 4.03. The largest absolute Gasteiger partial charge is 0.399 e. The molecule has 0 radical (unpaired) electrons. The Kier molecular flexibility index (Phi) is 3.73. The first-order valence-electron chi connectivity index (χ1n) is 5.35. The van der Waals surface area contributed by atoms with Crippen molar-refractivity contribution in [2.45, 2.75) is 6.92 Å². The molecule has 92 valence electrons. The number of nitrogens with two attached hydrogens (primary N) is 1. The third-order valence-corrected chi connectivity index (χ3v) is 3.84. The van der Waals surface area contributed by atoms with Gasteiger partial charge in [-0.15, -0.1) is 0 Å². The third-order valence-electron chi connectivity index (χ3n) is 2.67. The minimum Gasteiger partial charge on any atom is -0.399 e. The number of halogens is 2. The molecule has 2 rings (SSSR count).